The number of carboxylic acids is 1. The second kappa shape index (κ2) is 15.3. The van der Waals surface area contributed by atoms with Crippen molar-refractivity contribution in [2.24, 2.45) is 5.92 Å². The van der Waals surface area contributed by atoms with E-state index < -0.39 is 34.8 Å². The van der Waals surface area contributed by atoms with Crippen molar-refractivity contribution in [1.29, 1.82) is 0 Å². The van der Waals surface area contributed by atoms with Crippen molar-refractivity contribution < 1.29 is 46.8 Å². The van der Waals surface area contributed by atoms with E-state index in [1.54, 1.807) is 27.4 Å². The molecule has 2 aromatic carbocycles. The Labute approximate surface area is 315 Å². The SMILES string of the molecule is CCOC1CCC(N2C[C@@H](c3ccc(OC)cc3)[C@](OC)(C(=O)N3C[C@@H](c4ccc(C(F)(F)F)cc4N4CCC(C(=O)O)CC4)CC34CC4OC)C2)CC1. The van der Waals surface area contributed by atoms with Crippen LogP contribution in [0.3, 0.4) is 0 Å². The molecule has 3 saturated heterocycles. The Bertz CT molecular complexity index is 1660. The fourth-order valence-corrected chi connectivity index (χ4v) is 10.2. The summed E-state index contributed by atoms with van der Waals surface area (Å²) in [5, 5.41) is 9.59. The highest BCUT2D eigenvalue weighted by molar-refractivity contribution is 5.89. The molecule has 2 aliphatic carbocycles. The summed E-state index contributed by atoms with van der Waals surface area (Å²) in [7, 11) is 4.90. The zero-order valence-corrected chi connectivity index (χ0v) is 31.8. The van der Waals surface area contributed by atoms with Gasteiger partial charge in [0.25, 0.3) is 5.91 Å². The predicted octanol–water partition coefficient (Wildman–Crippen LogP) is 6.32. The Morgan fingerprint density at radius 1 is 0.926 bits per heavy atom. The number of halogens is 3. The number of ether oxygens (including phenoxy) is 4. The van der Waals surface area contributed by atoms with Crippen LogP contribution in [0.1, 0.15) is 86.8 Å². The lowest BCUT2D eigenvalue weighted by Crippen LogP contribution is -2.57. The number of carbonyl (C=O) groups is 2. The molecule has 3 heterocycles. The molecule has 3 aliphatic heterocycles. The molecule has 5 atom stereocenters. The number of piperidine rings is 1. The number of carboxylic acid groups (broad SMARTS) is 1. The van der Waals surface area contributed by atoms with E-state index in [0.29, 0.717) is 70.7 Å². The van der Waals surface area contributed by atoms with Crippen LogP contribution in [0.5, 0.6) is 5.75 Å². The van der Waals surface area contributed by atoms with Crippen molar-refractivity contribution in [3.8, 4) is 5.75 Å². The smallest absolute Gasteiger partial charge is 0.416 e. The largest absolute Gasteiger partial charge is 0.497 e. The summed E-state index contributed by atoms with van der Waals surface area (Å²) >= 11 is 0. The summed E-state index contributed by atoms with van der Waals surface area (Å²) in [4.78, 5) is 33.5. The van der Waals surface area contributed by atoms with Gasteiger partial charge in [-0.1, -0.05) is 18.2 Å². The van der Waals surface area contributed by atoms with E-state index >= 15 is 4.79 Å². The summed E-state index contributed by atoms with van der Waals surface area (Å²) in [6.45, 7) is 4.76. The Hall–Kier alpha value is -3.39. The van der Waals surface area contributed by atoms with Crippen molar-refractivity contribution >= 4 is 17.6 Å². The number of methoxy groups -OCH3 is 3. The van der Waals surface area contributed by atoms with Gasteiger partial charge in [-0.05, 0) is 87.3 Å². The number of amides is 1. The van der Waals surface area contributed by atoms with Crippen molar-refractivity contribution in [3.05, 3.63) is 59.2 Å². The molecule has 1 N–H and O–H groups in total. The Balaban J connectivity index is 1.22. The van der Waals surface area contributed by atoms with Gasteiger partial charge in [-0.2, -0.15) is 13.2 Å². The molecule has 0 bridgehead atoms. The van der Waals surface area contributed by atoms with Crippen molar-refractivity contribution in [1.82, 2.24) is 9.80 Å². The summed E-state index contributed by atoms with van der Waals surface area (Å²) in [5.41, 5.74) is -0.391. The third-order valence-electron chi connectivity index (χ3n) is 13.3. The van der Waals surface area contributed by atoms with E-state index in [1.807, 2.05) is 41.0 Å². The van der Waals surface area contributed by atoms with Crippen LogP contribution in [-0.2, 0) is 30.0 Å². The third-order valence-corrected chi connectivity index (χ3v) is 13.3. The van der Waals surface area contributed by atoms with Gasteiger partial charge in [0.2, 0.25) is 0 Å². The van der Waals surface area contributed by atoms with E-state index in [-0.39, 0.29) is 36.0 Å². The van der Waals surface area contributed by atoms with Crippen LogP contribution in [0.25, 0.3) is 0 Å². The summed E-state index contributed by atoms with van der Waals surface area (Å²) in [6.07, 6.45) is 1.23. The molecule has 1 spiro atoms. The molecule has 5 aliphatic rings. The monoisotopic (exact) mass is 757 g/mol. The van der Waals surface area contributed by atoms with Crippen LogP contribution in [0.4, 0.5) is 18.9 Å². The highest BCUT2D eigenvalue weighted by Gasteiger charge is 2.68. The Kier molecular flexibility index (Phi) is 11.0. The zero-order chi connectivity index (χ0) is 38.4. The first kappa shape index (κ1) is 38.9. The van der Waals surface area contributed by atoms with Crippen molar-refractivity contribution in [3.63, 3.8) is 0 Å². The maximum absolute atomic E-state index is 15.5. The number of nitrogens with zero attached hydrogens (tertiary/aromatic N) is 3. The number of hydrogen-bond acceptors (Lipinski definition) is 8. The molecule has 296 valence electrons. The first-order chi connectivity index (χ1) is 25.9. The van der Waals surface area contributed by atoms with E-state index in [0.717, 1.165) is 48.6 Å². The van der Waals surface area contributed by atoms with Crippen molar-refractivity contribution in [2.75, 3.05) is 65.6 Å². The lowest BCUT2D eigenvalue weighted by molar-refractivity contribution is -0.158. The quantitative estimate of drug-likeness (QED) is 0.282. The second-order valence-corrected chi connectivity index (χ2v) is 16.0. The van der Waals surface area contributed by atoms with Crippen LogP contribution in [0.2, 0.25) is 0 Å². The van der Waals surface area contributed by atoms with Crippen LogP contribution >= 0.6 is 0 Å². The minimum absolute atomic E-state index is 0.117. The summed E-state index contributed by atoms with van der Waals surface area (Å²) < 4.78 is 66.2. The van der Waals surface area contributed by atoms with Gasteiger partial charge >= 0.3 is 12.1 Å². The van der Waals surface area contributed by atoms with Crippen LogP contribution in [-0.4, -0.2) is 117 Å². The van der Waals surface area contributed by atoms with Gasteiger partial charge in [-0.15, -0.1) is 0 Å². The highest BCUT2D eigenvalue weighted by Crippen LogP contribution is 2.58. The molecule has 7 rings (SSSR count). The number of rotatable bonds is 11. The van der Waals surface area contributed by atoms with E-state index in [1.165, 1.54) is 6.07 Å². The second-order valence-electron chi connectivity index (χ2n) is 16.0. The van der Waals surface area contributed by atoms with Gasteiger partial charge in [0.1, 0.15) is 5.75 Å². The normalized spacial score (nSPS) is 32.0. The van der Waals surface area contributed by atoms with Gasteiger partial charge in [-0.25, -0.2) is 0 Å². The lowest BCUT2D eigenvalue weighted by Gasteiger charge is -2.39. The topological polar surface area (TPSA) is 101 Å². The van der Waals surface area contributed by atoms with Gasteiger partial charge in [0.15, 0.2) is 5.60 Å². The van der Waals surface area contributed by atoms with Gasteiger partial charge in [0.05, 0.1) is 36.3 Å². The highest BCUT2D eigenvalue weighted by atomic mass is 19.4. The van der Waals surface area contributed by atoms with Gasteiger partial charge in [-0.3, -0.25) is 14.5 Å². The molecule has 13 heteroatoms. The summed E-state index contributed by atoms with van der Waals surface area (Å²) in [6, 6.07) is 12.0. The van der Waals surface area contributed by atoms with E-state index in [2.05, 4.69) is 4.90 Å². The molecule has 1 amide bonds. The van der Waals surface area contributed by atoms with E-state index in [9.17, 15) is 23.1 Å². The zero-order valence-electron chi connectivity index (χ0n) is 31.8. The number of anilines is 1. The Morgan fingerprint density at radius 3 is 2.20 bits per heavy atom. The molecule has 2 saturated carbocycles. The number of likely N-dealkylation sites (tertiary alicyclic amines) is 2. The number of benzene rings is 2. The van der Waals surface area contributed by atoms with Gasteiger partial charge < -0.3 is 33.9 Å². The first-order valence-electron chi connectivity index (χ1n) is 19.5. The number of alkyl halides is 3. The van der Waals surface area contributed by atoms with Crippen LogP contribution < -0.4 is 9.64 Å². The number of aliphatic carboxylic acids is 1. The minimum Gasteiger partial charge on any atom is -0.497 e. The molecule has 5 fully saturated rings. The molecule has 10 nitrogen and oxygen atoms in total. The van der Waals surface area contributed by atoms with Crippen molar-refractivity contribution in [2.45, 2.75) is 106 Å². The minimum atomic E-state index is -4.54. The molecule has 2 aromatic rings. The molecule has 0 aromatic heterocycles. The fraction of sp³-hybridized carbons (Fsp3) is 0.659. The molecule has 54 heavy (non-hydrogen) atoms. The predicted molar refractivity (Wildman–Crippen MR) is 196 cm³/mol. The molecular weight excluding hydrogens is 703 g/mol. The fourth-order valence-electron chi connectivity index (χ4n) is 10.2. The van der Waals surface area contributed by atoms with E-state index in [4.69, 9.17) is 18.9 Å². The van der Waals surface area contributed by atoms with Crippen LogP contribution in [0.15, 0.2) is 42.5 Å². The number of carbonyl (C=O) groups excluding carboxylic acids is 1. The van der Waals surface area contributed by atoms with Gasteiger partial charge in [0, 0.05) is 83.5 Å². The lowest BCUT2D eigenvalue weighted by atomic mass is 9.83. The Morgan fingerprint density at radius 2 is 1.63 bits per heavy atom. The molecule has 2 unspecified atom stereocenters. The molecule has 0 radical (unpaired) electrons. The third kappa shape index (κ3) is 7.10. The molecular formula is C41H54F3N3O7. The van der Waals surface area contributed by atoms with Crippen LogP contribution in [0, 0.1) is 5.92 Å². The number of hydrogen-bond donors (Lipinski definition) is 1. The average molecular weight is 758 g/mol. The maximum atomic E-state index is 15.5. The summed E-state index contributed by atoms with van der Waals surface area (Å²) in [5.74, 6) is -1.34. The standard InChI is InChI=1S/C41H54F3N3O7/c1-5-54-32-13-9-30(10-14-32)46-24-34(26-6-11-31(51-2)12-7-26)40(25-46,53-4)38(50)47-23-28(21-39(47)22-36(39)52-3)33-15-8-29(41(42,43)44)20-35(33)45-18-16-27(17-19-45)37(48)49/h6-8,11-12,15,20,27-28,30,32,34,36H,5,9-10,13-14,16-19,21-25H2,1-4H3,(H,48,49)/t28-,30?,32?,34-,36?,39?,40-/m0/s1. The maximum Gasteiger partial charge on any atom is 0.416 e. The first-order valence-corrected chi connectivity index (χ1v) is 19.5. The average Bonchev–Trinajstić information content (AvgIpc) is 3.53.